The van der Waals surface area contributed by atoms with Gasteiger partial charge in [-0.25, -0.2) is 0 Å². The predicted molar refractivity (Wildman–Crippen MR) is 76.2 cm³/mol. The van der Waals surface area contributed by atoms with E-state index in [1.807, 2.05) is 0 Å². The number of carbonyl (C=O) groups excluding carboxylic acids is 2. The minimum atomic E-state index is -0.0533. The van der Waals surface area contributed by atoms with Gasteiger partial charge in [-0.2, -0.15) is 0 Å². The fraction of sp³-hybridized carbons (Fsp3) is 0.867. The highest BCUT2D eigenvalue weighted by atomic mass is 16.5. The van der Waals surface area contributed by atoms with Crippen molar-refractivity contribution in [3.05, 3.63) is 0 Å². The molecule has 1 saturated heterocycles. The summed E-state index contributed by atoms with van der Waals surface area (Å²) >= 11 is 0. The third kappa shape index (κ3) is 5.90. The summed E-state index contributed by atoms with van der Waals surface area (Å²) in [5, 5.41) is 2.86. The molecule has 114 valence electrons. The summed E-state index contributed by atoms with van der Waals surface area (Å²) in [5.74, 6) is 0.853. The van der Waals surface area contributed by atoms with Crippen LogP contribution in [0.3, 0.4) is 0 Å². The molecule has 0 aromatic heterocycles. The highest BCUT2D eigenvalue weighted by Gasteiger charge is 2.21. The third-order valence-corrected chi connectivity index (χ3v) is 3.84. The Bertz CT molecular complexity index is 329. The smallest absolute Gasteiger partial charge is 0.239 e. The molecule has 1 aliphatic carbocycles. The van der Waals surface area contributed by atoms with Gasteiger partial charge in [0.15, 0.2) is 0 Å². The Labute approximate surface area is 121 Å². The number of ether oxygens (including phenoxy) is 1. The first-order valence-corrected chi connectivity index (χ1v) is 7.88. The van der Waals surface area contributed by atoms with Crippen LogP contribution in [0.25, 0.3) is 0 Å². The van der Waals surface area contributed by atoms with Crippen molar-refractivity contribution < 1.29 is 14.3 Å². The van der Waals surface area contributed by atoms with Crippen molar-refractivity contribution in [1.82, 2.24) is 10.2 Å². The van der Waals surface area contributed by atoms with Gasteiger partial charge in [0.05, 0.1) is 6.54 Å². The average Bonchev–Trinajstić information content (AvgIpc) is 3.25. The van der Waals surface area contributed by atoms with Gasteiger partial charge < -0.3 is 15.0 Å². The summed E-state index contributed by atoms with van der Waals surface area (Å²) in [4.78, 5) is 25.2. The molecule has 2 amide bonds. The number of amides is 2. The molecule has 0 radical (unpaired) electrons. The first-order valence-electron chi connectivity index (χ1n) is 7.88. The molecule has 5 heteroatoms. The second kappa shape index (κ2) is 8.25. The van der Waals surface area contributed by atoms with Crippen LogP contribution in [0.4, 0.5) is 0 Å². The fourth-order valence-corrected chi connectivity index (χ4v) is 2.37. The monoisotopic (exact) mass is 282 g/mol. The normalized spacial score (nSPS) is 19.8. The molecule has 2 rings (SSSR count). The molecule has 1 aliphatic heterocycles. The highest BCUT2D eigenvalue weighted by molar-refractivity contribution is 5.84. The number of likely N-dealkylation sites (tertiary alicyclic amines) is 1. The molecule has 0 unspecified atom stereocenters. The number of carbonyl (C=O) groups is 2. The van der Waals surface area contributed by atoms with Crippen LogP contribution in [0.15, 0.2) is 0 Å². The molecular weight excluding hydrogens is 256 g/mol. The Morgan fingerprint density at radius 3 is 2.95 bits per heavy atom. The maximum atomic E-state index is 11.8. The van der Waals surface area contributed by atoms with Gasteiger partial charge in [-0.3, -0.25) is 9.59 Å². The van der Waals surface area contributed by atoms with Crippen molar-refractivity contribution in [3.63, 3.8) is 0 Å². The van der Waals surface area contributed by atoms with Gasteiger partial charge in [0, 0.05) is 32.7 Å². The van der Waals surface area contributed by atoms with Gasteiger partial charge in [-0.1, -0.05) is 6.42 Å². The Kier molecular flexibility index (Phi) is 6.30. The SMILES string of the molecule is O=C(CN1CCCCCC1=O)NCCCOCC1CC1. The summed E-state index contributed by atoms with van der Waals surface area (Å²) in [5.41, 5.74) is 0. The third-order valence-electron chi connectivity index (χ3n) is 3.84. The average molecular weight is 282 g/mol. The van der Waals surface area contributed by atoms with Crippen LogP contribution in [0.5, 0.6) is 0 Å². The Morgan fingerprint density at radius 1 is 1.30 bits per heavy atom. The quantitative estimate of drug-likeness (QED) is 0.683. The molecule has 0 bridgehead atoms. The number of rotatable bonds is 8. The molecule has 0 aromatic rings. The van der Waals surface area contributed by atoms with E-state index < -0.39 is 0 Å². The van der Waals surface area contributed by atoms with E-state index in [1.165, 1.54) is 12.8 Å². The van der Waals surface area contributed by atoms with Gasteiger partial charge in [0.2, 0.25) is 11.8 Å². The summed E-state index contributed by atoms with van der Waals surface area (Å²) in [6.45, 7) is 3.14. The minimum Gasteiger partial charge on any atom is -0.381 e. The Balaban J connectivity index is 1.51. The molecule has 1 N–H and O–H groups in total. The van der Waals surface area contributed by atoms with Crippen LogP contribution in [0.1, 0.15) is 44.9 Å². The van der Waals surface area contributed by atoms with E-state index in [4.69, 9.17) is 4.74 Å². The first kappa shape index (κ1) is 15.3. The van der Waals surface area contributed by atoms with Crippen LogP contribution in [0, 0.1) is 5.92 Å². The topological polar surface area (TPSA) is 58.6 Å². The minimum absolute atomic E-state index is 0.0533. The van der Waals surface area contributed by atoms with E-state index in [1.54, 1.807) is 4.90 Å². The number of hydrogen-bond acceptors (Lipinski definition) is 3. The molecule has 0 atom stereocenters. The lowest BCUT2D eigenvalue weighted by molar-refractivity contribution is -0.135. The summed E-state index contributed by atoms with van der Waals surface area (Å²) in [6, 6.07) is 0. The van der Waals surface area contributed by atoms with Crippen LogP contribution in [-0.4, -0.2) is 49.6 Å². The predicted octanol–water partition coefficient (Wildman–Crippen LogP) is 1.32. The lowest BCUT2D eigenvalue weighted by Gasteiger charge is -2.19. The van der Waals surface area contributed by atoms with E-state index in [9.17, 15) is 9.59 Å². The maximum absolute atomic E-state index is 11.8. The summed E-state index contributed by atoms with van der Waals surface area (Å²) in [6.07, 6.45) is 7.08. The zero-order valence-corrected chi connectivity index (χ0v) is 12.2. The van der Waals surface area contributed by atoms with E-state index in [2.05, 4.69) is 5.32 Å². The molecule has 2 aliphatic rings. The molecule has 1 heterocycles. The first-order chi connectivity index (χ1) is 9.75. The molecule has 1 saturated carbocycles. The van der Waals surface area contributed by atoms with Crippen LogP contribution < -0.4 is 5.32 Å². The molecular formula is C15H26N2O3. The van der Waals surface area contributed by atoms with E-state index in [0.29, 0.717) is 19.6 Å². The molecule has 20 heavy (non-hydrogen) atoms. The number of nitrogens with zero attached hydrogens (tertiary/aromatic N) is 1. The van der Waals surface area contributed by atoms with E-state index in [0.717, 1.165) is 44.8 Å². The van der Waals surface area contributed by atoms with Crippen molar-refractivity contribution >= 4 is 11.8 Å². The van der Waals surface area contributed by atoms with Gasteiger partial charge >= 0.3 is 0 Å². The van der Waals surface area contributed by atoms with Crippen molar-refractivity contribution in [2.75, 3.05) is 32.8 Å². The van der Waals surface area contributed by atoms with Gasteiger partial charge in [-0.15, -0.1) is 0 Å². The molecule has 2 fully saturated rings. The Morgan fingerprint density at radius 2 is 2.15 bits per heavy atom. The van der Waals surface area contributed by atoms with Crippen molar-refractivity contribution in [2.24, 2.45) is 5.92 Å². The van der Waals surface area contributed by atoms with Gasteiger partial charge in [-0.05, 0) is 38.0 Å². The largest absolute Gasteiger partial charge is 0.381 e. The van der Waals surface area contributed by atoms with Gasteiger partial charge in [0.1, 0.15) is 0 Å². The van der Waals surface area contributed by atoms with Crippen LogP contribution >= 0.6 is 0 Å². The summed E-state index contributed by atoms with van der Waals surface area (Å²) < 4.78 is 5.51. The fourth-order valence-electron chi connectivity index (χ4n) is 2.37. The lowest BCUT2D eigenvalue weighted by Crippen LogP contribution is -2.40. The van der Waals surface area contributed by atoms with E-state index in [-0.39, 0.29) is 18.4 Å². The maximum Gasteiger partial charge on any atom is 0.239 e. The highest BCUT2D eigenvalue weighted by Crippen LogP contribution is 2.28. The second-order valence-corrected chi connectivity index (χ2v) is 5.85. The zero-order valence-electron chi connectivity index (χ0n) is 12.2. The second-order valence-electron chi connectivity index (χ2n) is 5.85. The van der Waals surface area contributed by atoms with Crippen LogP contribution in [0.2, 0.25) is 0 Å². The lowest BCUT2D eigenvalue weighted by atomic mass is 10.2. The molecule has 0 spiro atoms. The van der Waals surface area contributed by atoms with Crippen LogP contribution in [-0.2, 0) is 14.3 Å². The van der Waals surface area contributed by atoms with Crippen molar-refractivity contribution in [2.45, 2.75) is 44.9 Å². The van der Waals surface area contributed by atoms with Crippen molar-refractivity contribution in [1.29, 1.82) is 0 Å². The number of nitrogens with one attached hydrogen (secondary N) is 1. The standard InChI is InChI=1S/C15H26N2O3/c18-14(11-17-9-3-1-2-5-15(17)19)16-8-4-10-20-12-13-6-7-13/h13H,1-12H2,(H,16,18). The zero-order chi connectivity index (χ0) is 14.2. The van der Waals surface area contributed by atoms with Crippen molar-refractivity contribution in [3.8, 4) is 0 Å². The van der Waals surface area contributed by atoms with E-state index >= 15 is 0 Å². The number of hydrogen-bond donors (Lipinski definition) is 1. The molecule has 0 aromatic carbocycles. The molecule has 5 nitrogen and oxygen atoms in total. The Hall–Kier alpha value is -1.10. The van der Waals surface area contributed by atoms with Gasteiger partial charge in [0.25, 0.3) is 0 Å². The summed E-state index contributed by atoms with van der Waals surface area (Å²) in [7, 11) is 0.